The lowest BCUT2D eigenvalue weighted by Gasteiger charge is -2.33. The molecular formula is C19H20FN5O3. The summed E-state index contributed by atoms with van der Waals surface area (Å²) in [6, 6.07) is 5.45. The minimum atomic E-state index is -0.330. The zero-order chi connectivity index (χ0) is 19.5. The summed E-state index contributed by atoms with van der Waals surface area (Å²) in [5.74, 6) is 0.857. The van der Waals surface area contributed by atoms with E-state index in [1.807, 2.05) is 0 Å². The Morgan fingerprint density at radius 1 is 1.32 bits per heavy atom. The lowest BCUT2D eigenvalue weighted by Crippen LogP contribution is -2.38. The quantitative estimate of drug-likeness (QED) is 0.671. The van der Waals surface area contributed by atoms with E-state index in [4.69, 9.17) is 9.26 Å². The van der Waals surface area contributed by atoms with Crippen LogP contribution in [-0.4, -0.2) is 37.3 Å². The average Bonchev–Trinajstić information content (AvgIpc) is 3.36. The number of hydrogen-bond acceptors (Lipinski definition) is 6. The molecule has 4 rings (SSSR count). The first-order valence-electron chi connectivity index (χ1n) is 9.10. The number of carbonyl (C=O) groups is 1. The van der Waals surface area contributed by atoms with Crippen molar-refractivity contribution in [3.63, 3.8) is 0 Å². The van der Waals surface area contributed by atoms with Crippen molar-refractivity contribution in [2.75, 3.05) is 6.54 Å². The number of amides is 1. The zero-order valence-electron chi connectivity index (χ0n) is 15.4. The number of aromatic nitrogens is 4. The van der Waals surface area contributed by atoms with Crippen molar-refractivity contribution in [1.82, 2.24) is 24.8 Å². The molecule has 1 aliphatic heterocycles. The van der Waals surface area contributed by atoms with Crippen molar-refractivity contribution in [1.29, 1.82) is 0 Å². The van der Waals surface area contributed by atoms with Gasteiger partial charge in [0.05, 0.1) is 17.8 Å². The van der Waals surface area contributed by atoms with E-state index in [0.29, 0.717) is 29.6 Å². The molecule has 2 aromatic heterocycles. The van der Waals surface area contributed by atoms with Gasteiger partial charge in [-0.15, -0.1) is 0 Å². The Balaban J connectivity index is 1.46. The van der Waals surface area contributed by atoms with Crippen molar-refractivity contribution in [3.8, 4) is 5.75 Å². The number of aryl methyl sites for hydroxylation is 1. The van der Waals surface area contributed by atoms with Gasteiger partial charge in [0, 0.05) is 19.8 Å². The summed E-state index contributed by atoms with van der Waals surface area (Å²) >= 11 is 0. The van der Waals surface area contributed by atoms with Crippen LogP contribution in [0, 0.1) is 5.82 Å². The summed E-state index contributed by atoms with van der Waals surface area (Å²) in [4.78, 5) is 19.1. The lowest BCUT2D eigenvalue weighted by molar-refractivity contribution is 0.0596. The van der Waals surface area contributed by atoms with E-state index >= 15 is 0 Å². The third-order valence-corrected chi connectivity index (χ3v) is 4.67. The molecule has 0 saturated carbocycles. The molecule has 1 unspecified atom stereocenters. The lowest BCUT2D eigenvalue weighted by atomic mass is 10.0. The molecule has 0 spiro atoms. The predicted molar refractivity (Wildman–Crippen MR) is 95.9 cm³/mol. The molecule has 3 heterocycles. The highest BCUT2D eigenvalue weighted by molar-refractivity contribution is 5.94. The number of carbonyl (C=O) groups excluding carboxylic acids is 1. The van der Waals surface area contributed by atoms with Crippen LogP contribution >= 0.6 is 0 Å². The normalized spacial score (nSPS) is 16.9. The van der Waals surface area contributed by atoms with Gasteiger partial charge in [-0.05, 0) is 43.5 Å². The molecule has 0 radical (unpaired) electrons. The maximum atomic E-state index is 13.0. The van der Waals surface area contributed by atoms with Gasteiger partial charge in [0.25, 0.3) is 11.8 Å². The zero-order valence-corrected chi connectivity index (χ0v) is 15.4. The van der Waals surface area contributed by atoms with Gasteiger partial charge in [-0.1, -0.05) is 5.16 Å². The fourth-order valence-electron chi connectivity index (χ4n) is 3.28. The summed E-state index contributed by atoms with van der Waals surface area (Å²) in [5, 5.41) is 8.13. The van der Waals surface area contributed by atoms with Gasteiger partial charge in [-0.3, -0.25) is 9.48 Å². The third kappa shape index (κ3) is 3.88. The molecule has 8 nitrogen and oxygen atoms in total. The molecule has 1 fully saturated rings. The van der Waals surface area contributed by atoms with Crippen molar-refractivity contribution in [2.24, 2.45) is 7.05 Å². The van der Waals surface area contributed by atoms with Gasteiger partial charge in [0.1, 0.15) is 11.6 Å². The van der Waals surface area contributed by atoms with Crippen LogP contribution in [0.5, 0.6) is 5.75 Å². The van der Waals surface area contributed by atoms with Crippen LogP contribution in [0.3, 0.4) is 0 Å². The van der Waals surface area contributed by atoms with E-state index in [-0.39, 0.29) is 24.4 Å². The van der Waals surface area contributed by atoms with Gasteiger partial charge in [-0.2, -0.15) is 10.1 Å². The molecule has 3 aromatic rings. The Bertz CT molecular complexity index is 953. The fourth-order valence-corrected chi connectivity index (χ4v) is 3.28. The summed E-state index contributed by atoms with van der Waals surface area (Å²) in [7, 11) is 1.77. The summed E-state index contributed by atoms with van der Waals surface area (Å²) < 4.78 is 25.4. The Hall–Kier alpha value is -3.23. The Kier molecular flexibility index (Phi) is 5.05. The number of ether oxygens (including phenoxy) is 1. The molecule has 0 N–H and O–H groups in total. The summed E-state index contributed by atoms with van der Waals surface area (Å²) in [6.07, 6.45) is 5.94. The van der Waals surface area contributed by atoms with Gasteiger partial charge < -0.3 is 14.2 Å². The predicted octanol–water partition coefficient (Wildman–Crippen LogP) is 2.89. The monoisotopic (exact) mass is 385 g/mol. The van der Waals surface area contributed by atoms with Crippen LogP contribution in [0.25, 0.3) is 0 Å². The highest BCUT2D eigenvalue weighted by Crippen LogP contribution is 2.30. The molecule has 146 valence electrons. The molecule has 9 heteroatoms. The molecule has 1 atom stereocenters. The first-order valence-corrected chi connectivity index (χ1v) is 9.10. The number of likely N-dealkylation sites (tertiary alicyclic amines) is 1. The molecule has 0 aliphatic carbocycles. The topological polar surface area (TPSA) is 86.3 Å². The van der Waals surface area contributed by atoms with Crippen LogP contribution in [-0.2, 0) is 13.7 Å². The standard InChI is InChI=1S/C19H20FN5O3/c1-24-11-13(10-21-24)19(26)25-9-3-2-4-16(25)18-22-17(28-23-18)12-27-15-7-5-14(20)6-8-15/h5-8,10-11,16H,2-4,9,12H2,1H3. The van der Waals surface area contributed by atoms with Crippen LogP contribution in [0.4, 0.5) is 4.39 Å². The van der Waals surface area contributed by atoms with Crippen LogP contribution in [0.2, 0.25) is 0 Å². The largest absolute Gasteiger partial charge is 0.484 e. The van der Waals surface area contributed by atoms with E-state index in [9.17, 15) is 9.18 Å². The molecule has 1 saturated heterocycles. The SMILES string of the molecule is Cn1cc(C(=O)N2CCCCC2c2noc(COc3ccc(F)cc3)n2)cn1. The van der Waals surface area contributed by atoms with E-state index in [0.717, 1.165) is 19.3 Å². The maximum Gasteiger partial charge on any atom is 0.264 e. The molecular weight excluding hydrogens is 365 g/mol. The van der Waals surface area contributed by atoms with Gasteiger partial charge >= 0.3 is 0 Å². The maximum absolute atomic E-state index is 13.0. The number of rotatable bonds is 5. The van der Waals surface area contributed by atoms with Crippen LogP contribution < -0.4 is 4.74 Å². The minimum Gasteiger partial charge on any atom is -0.484 e. The third-order valence-electron chi connectivity index (χ3n) is 4.67. The van der Waals surface area contributed by atoms with Gasteiger partial charge in [-0.25, -0.2) is 4.39 Å². The smallest absolute Gasteiger partial charge is 0.264 e. The molecule has 1 aromatic carbocycles. The summed E-state index contributed by atoms with van der Waals surface area (Å²) in [6.45, 7) is 0.705. The van der Waals surface area contributed by atoms with E-state index in [1.165, 1.54) is 24.3 Å². The molecule has 0 bridgehead atoms. The number of halogens is 1. The van der Waals surface area contributed by atoms with E-state index in [2.05, 4.69) is 15.2 Å². The molecule has 1 aliphatic rings. The molecule has 1 amide bonds. The van der Waals surface area contributed by atoms with Gasteiger partial charge in [0.15, 0.2) is 12.4 Å². The van der Waals surface area contributed by atoms with E-state index in [1.54, 1.807) is 29.0 Å². The average molecular weight is 385 g/mol. The minimum absolute atomic E-state index is 0.0713. The second-order valence-corrected chi connectivity index (χ2v) is 6.70. The number of hydrogen-bond donors (Lipinski definition) is 0. The second kappa shape index (κ2) is 7.79. The highest BCUT2D eigenvalue weighted by Gasteiger charge is 2.32. The van der Waals surface area contributed by atoms with Crippen LogP contribution in [0.1, 0.15) is 47.4 Å². The molecule has 28 heavy (non-hydrogen) atoms. The van der Waals surface area contributed by atoms with Crippen molar-refractivity contribution in [2.45, 2.75) is 31.9 Å². The second-order valence-electron chi connectivity index (χ2n) is 6.70. The van der Waals surface area contributed by atoms with Gasteiger partial charge in [0.2, 0.25) is 0 Å². The fraction of sp³-hybridized carbons (Fsp3) is 0.368. The van der Waals surface area contributed by atoms with Crippen molar-refractivity contribution in [3.05, 3.63) is 59.8 Å². The number of piperidine rings is 1. The van der Waals surface area contributed by atoms with Crippen LogP contribution in [0.15, 0.2) is 41.2 Å². The van der Waals surface area contributed by atoms with E-state index < -0.39 is 0 Å². The first kappa shape index (κ1) is 18.1. The Morgan fingerprint density at radius 3 is 2.89 bits per heavy atom. The van der Waals surface area contributed by atoms with Crippen molar-refractivity contribution < 1.29 is 18.4 Å². The number of nitrogens with zero attached hydrogens (tertiary/aromatic N) is 5. The Labute approximate surface area is 160 Å². The number of benzene rings is 1. The first-order chi connectivity index (χ1) is 13.6. The summed E-state index contributed by atoms with van der Waals surface area (Å²) in [5.41, 5.74) is 0.540. The van der Waals surface area contributed by atoms with Crippen molar-refractivity contribution >= 4 is 5.91 Å². The Morgan fingerprint density at radius 2 is 2.14 bits per heavy atom. The highest BCUT2D eigenvalue weighted by atomic mass is 19.1.